The van der Waals surface area contributed by atoms with Crippen LogP contribution in [-0.4, -0.2) is 13.4 Å². The van der Waals surface area contributed by atoms with Crippen molar-refractivity contribution in [1.82, 2.24) is 4.98 Å². The monoisotopic (exact) mass is 234 g/mol. The van der Waals surface area contributed by atoms with Gasteiger partial charge in [0.2, 0.25) is 9.84 Å². The highest BCUT2D eigenvalue weighted by atomic mass is 32.2. The number of pyridine rings is 1. The van der Waals surface area contributed by atoms with Crippen LogP contribution < -0.4 is 5.73 Å². The minimum Gasteiger partial charge on any atom is -0.399 e. The van der Waals surface area contributed by atoms with Gasteiger partial charge in [0, 0.05) is 11.9 Å². The van der Waals surface area contributed by atoms with Crippen LogP contribution in [0.15, 0.2) is 58.6 Å². The Hall–Kier alpha value is -1.88. The fraction of sp³-hybridized carbons (Fsp3) is 0. The van der Waals surface area contributed by atoms with Crippen LogP contribution >= 0.6 is 0 Å². The third-order valence-electron chi connectivity index (χ3n) is 2.10. The fourth-order valence-corrected chi connectivity index (χ4v) is 2.47. The molecule has 0 radical (unpaired) electrons. The van der Waals surface area contributed by atoms with Gasteiger partial charge in [-0.3, -0.25) is 0 Å². The van der Waals surface area contributed by atoms with Crippen LogP contribution in [0.3, 0.4) is 0 Å². The van der Waals surface area contributed by atoms with Gasteiger partial charge in [-0.15, -0.1) is 0 Å². The van der Waals surface area contributed by atoms with E-state index >= 15 is 0 Å². The lowest BCUT2D eigenvalue weighted by Gasteiger charge is -2.03. The standard InChI is InChI=1S/C11H10N2O2S/c12-9-4-6-10(7-5-9)16(14,15)11-3-1-2-8-13-11/h1-8H,12H2. The van der Waals surface area contributed by atoms with Crippen molar-refractivity contribution in [2.45, 2.75) is 9.92 Å². The van der Waals surface area contributed by atoms with Crippen LogP contribution in [0.5, 0.6) is 0 Å². The summed E-state index contributed by atoms with van der Waals surface area (Å²) < 4.78 is 24.1. The molecule has 0 saturated heterocycles. The number of benzene rings is 1. The predicted molar refractivity (Wildman–Crippen MR) is 60.5 cm³/mol. The molecule has 0 saturated carbocycles. The Morgan fingerprint density at radius 3 is 2.25 bits per heavy atom. The largest absolute Gasteiger partial charge is 0.399 e. The number of hydrogen-bond acceptors (Lipinski definition) is 4. The maximum atomic E-state index is 12.0. The topological polar surface area (TPSA) is 73.1 Å². The van der Waals surface area contributed by atoms with E-state index in [4.69, 9.17) is 5.73 Å². The summed E-state index contributed by atoms with van der Waals surface area (Å²) in [6.45, 7) is 0. The SMILES string of the molecule is Nc1ccc(S(=O)(=O)c2ccccn2)cc1. The first-order valence-electron chi connectivity index (χ1n) is 4.62. The summed E-state index contributed by atoms with van der Waals surface area (Å²) in [6, 6.07) is 10.8. The molecule has 1 aromatic carbocycles. The van der Waals surface area contributed by atoms with E-state index in [9.17, 15) is 8.42 Å². The second-order valence-electron chi connectivity index (χ2n) is 3.24. The number of sulfone groups is 1. The zero-order chi connectivity index (χ0) is 11.6. The lowest BCUT2D eigenvalue weighted by Crippen LogP contribution is -2.03. The average molecular weight is 234 g/mol. The first-order chi connectivity index (χ1) is 7.60. The summed E-state index contributed by atoms with van der Waals surface area (Å²) in [5.41, 5.74) is 6.03. The van der Waals surface area contributed by atoms with Crippen molar-refractivity contribution >= 4 is 15.5 Å². The Labute approximate surface area is 93.7 Å². The smallest absolute Gasteiger partial charge is 0.223 e. The van der Waals surface area contributed by atoms with Gasteiger partial charge in [-0.25, -0.2) is 13.4 Å². The van der Waals surface area contributed by atoms with E-state index in [-0.39, 0.29) is 9.92 Å². The molecule has 16 heavy (non-hydrogen) atoms. The number of rotatable bonds is 2. The van der Waals surface area contributed by atoms with Crippen LogP contribution in [0.2, 0.25) is 0 Å². The van der Waals surface area contributed by atoms with Crippen molar-refractivity contribution in [1.29, 1.82) is 0 Å². The fourth-order valence-electron chi connectivity index (χ4n) is 1.27. The van der Waals surface area contributed by atoms with Gasteiger partial charge in [-0.1, -0.05) is 6.07 Å². The van der Waals surface area contributed by atoms with Gasteiger partial charge in [0.15, 0.2) is 5.03 Å². The summed E-state index contributed by atoms with van der Waals surface area (Å²) in [5.74, 6) is 0. The van der Waals surface area contributed by atoms with Crippen LogP contribution in [0.4, 0.5) is 5.69 Å². The van der Waals surface area contributed by atoms with E-state index in [2.05, 4.69) is 4.98 Å². The summed E-state index contributed by atoms with van der Waals surface area (Å²) in [6.07, 6.45) is 1.45. The summed E-state index contributed by atoms with van der Waals surface area (Å²) in [5, 5.41) is 0.0415. The van der Waals surface area contributed by atoms with Gasteiger partial charge in [0.1, 0.15) is 0 Å². The number of hydrogen-bond donors (Lipinski definition) is 1. The molecule has 0 bridgehead atoms. The van der Waals surface area contributed by atoms with Crippen molar-refractivity contribution in [3.63, 3.8) is 0 Å². The molecule has 1 aromatic heterocycles. The minimum absolute atomic E-state index is 0.0415. The number of nitrogen functional groups attached to an aromatic ring is 1. The van der Waals surface area contributed by atoms with E-state index in [0.717, 1.165) is 0 Å². The molecule has 1 heterocycles. The van der Waals surface area contributed by atoms with Crippen LogP contribution in [0.25, 0.3) is 0 Å². The summed E-state index contributed by atoms with van der Waals surface area (Å²) in [4.78, 5) is 4.02. The molecule has 0 unspecified atom stereocenters. The van der Waals surface area contributed by atoms with Crippen LogP contribution in [-0.2, 0) is 9.84 Å². The highest BCUT2D eigenvalue weighted by molar-refractivity contribution is 7.91. The van der Waals surface area contributed by atoms with Gasteiger partial charge < -0.3 is 5.73 Å². The molecule has 0 aliphatic carbocycles. The number of nitrogens with zero attached hydrogens (tertiary/aromatic N) is 1. The Bertz CT molecular complexity index is 577. The predicted octanol–water partition coefficient (Wildman–Crippen LogP) is 1.50. The Kier molecular flexibility index (Phi) is 2.62. The van der Waals surface area contributed by atoms with Crippen molar-refractivity contribution in [3.05, 3.63) is 48.7 Å². The zero-order valence-corrected chi connectivity index (χ0v) is 9.18. The number of nitrogens with two attached hydrogens (primary N) is 1. The van der Waals surface area contributed by atoms with E-state index in [1.165, 1.54) is 24.4 Å². The van der Waals surface area contributed by atoms with Gasteiger partial charge >= 0.3 is 0 Å². The molecule has 5 heteroatoms. The maximum Gasteiger partial charge on any atom is 0.223 e. The molecular formula is C11H10N2O2S. The van der Waals surface area contributed by atoms with Crippen LogP contribution in [0, 0.1) is 0 Å². The van der Waals surface area contributed by atoms with Crippen molar-refractivity contribution in [2.24, 2.45) is 0 Å². The van der Waals surface area contributed by atoms with Crippen molar-refractivity contribution < 1.29 is 8.42 Å². The molecule has 0 amide bonds. The van der Waals surface area contributed by atoms with Gasteiger partial charge in [0.25, 0.3) is 0 Å². The average Bonchev–Trinajstić information content (AvgIpc) is 2.31. The molecule has 0 atom stereocenters. The molecule has 0 aliphatic heterocycles. The normalized spacial score (nSPS) is 11.2. The first kappa shape index (κ1) is 10.6. The van der Waals surface area contributed by atoms with Gasteiger partial charge in [-0.05, 0) is 36.4 Å². The van der Waals surface area contributed by atoms with E-state index < -0.39 is 9.84 Å². The molecule has 2 rings (SSSR count). The lowest BCUT2D eigenvalue weighted by atomic mass is 10.3. The Morgan fingerprint density at radius 1 is 1.00 bits per heavy atom. The number of anilines is 1. The summed E-state index contributed by atoms with van der Waals surface area (Å²) >= 11 is 0. The molecule has 4 nitrogen and oxygen atoms in total. The lowest BCUT2D eigenvalue weighted by molar-refractivity contribution is 0.592. The van der Waals surface area contributed by atoms with Crippen molar-refractivity contribution in [3.8, 4) is 0 Å². The highest BCUT2D eigenvalue weighted by Gasteiger charge is 2.17. The minimum atomic E-state index is -3.52. The molecule has 2 N–H and O–H groups in total. The first-order valence-corrected chi connectivity index (χ1v) is 6.11. The second kappa shape index (κ2) is 3.94. The Morgan fingerprint density at radius 2 is 1.69 bits per heavy atom. The molecular weight excluding hydrogens is 224 g/mol. The highest BCUT2D eigenvalue weighted by Crippen LogP contribution is 2.19. The maximum absolute atomic E-state index is 12.0. The molecule has 82 valence electrons. The van der Waals surface area contributed by atoms with Gasteiger partial charge in [0.05, 0.1) is 4.90 Å². The third-order valence-corrected chi connectivity index (χ3v) is 3.79. The van der Waals surface area contributed by atoms with E-state index in [0.29, 0.717) is 5.69 Å². The zero-order valence-electron chi connectivity index (χ0n) is 8.37. The molecule has 0 aliphatic rings. The molecule has 0 spiro atoms. The van der Waals surface area contributed by atoms with Gasteiger partial charge in [-0.2, -0.15) is 0 Å². The number of aromatic nitrogens is 1. The molecule has 2 aromatic rings. The quantitative estimate of drug-likeness (QED) is 0.799. The van der Waals surface area contributed by atoms with E-state index in [1.807, 2.05) is 0 Å². The third kappa shape index (κ3) is 1.90. The second-order valence-corrected chi connectivity index (χ2v) is 5.14. The van der Waals surface area contributed by atoms with Crippen LogP contribution in [0.1, 0.15) is 0 Å². The Balaban J connectivity index is 2.52. The van der Waals surface area contributed by atoms with Crippen molar-refractivity contribution in [2.75, 3.05) is 5.73 Å². The van der Waals surface area contributed by atoms with E-state index in [1.54, 1.807) is 24.3 Å². The molecule has 0 fully saturated rings. The summed E-state index contributed by atoms with van der Waals surface area (Å²) in [7, 11) is -3.52.